The average molecular weight is 657 g/mol. The first kappa shape index (κ1) is 35.6. The zero-order valence-electron chi connectivity index (χ0n) is 27.4. The van der Waals surface area contributed by atoms with Crippen molar-refractivity contribution in [2.45, 2.75) is 103 Å². The number of halogens is 3. The number of rotatable bonds is 13. The summed E-state index contributed by atoms with van der Waals surface area (Å²) in [6, 6.07) is 12.2. The van der Waals surface area contributed by atoms with Crippen molar-refractivity contribution >= 4 is 39.8 Å². The quantitative estimate of drug-likeness (QED) is 0.171. The highest BCUT2D eigenvalue weighted by atomic mass is 32.2. The second-order valence-electron chi connectivity index (χ2n) is 12.6. The van der Waals surface area contributed by atoms with Crippen LogP contribution in [0, 0.1) is 13.8 Å². The Kier molecular flexibility index (Phi) is 12.1. The molecule has 3 N–H and O–H groups in total. The number of carbonyl (C=O) groups is 2. The molecule has 2 aromatic rings. The second kappa shape index (κ2) is 15.6. The monoisotopic (exact) mass is 656 g/mol. The van der Waals surface area contributed by atoms with Crippen molar-refractivity contribution in [3.05, 3.63) is 75.2 Å². The maximum Gasteiger partial charge on any atom is 0.389 e. The molecule has 2 unspecified atom stereocenters. The van der Waals surface area contributed by atoms with Gasteiger partial charge >= 0.3 is 6.18 Å². The summed E-state index contributed by atoms with van der Waals surface area (Å²) in [5.41, 5.74) is 11.3. The molecule has 2 aliphatic rings. The molecule has 0 aromatic heterocycles. The lowest BCUT2D eigenvalue weighted by atomic mass is 9.89. The summed E-state index contributed by atoms with van der Waals surface area (Å²) >= 11 is 0. The van der Waals surface area contributed by atoms with Crippen molar-refractivity contribution < 1.29 is 22.8 Å². The molecule has 1 fully saturated rings. The Hall–Kier alpha value is -3.24. The van der Waals surface area contributed by atoms with E-state index >= 15 is 0 Å². The Morgan fingerprint density at radius 3 is 2.46 bits per heavy atom. The van der Waals surface area contributed by atoms with Crippen LogP contribution in [-0.2, 0) is 16.0 Å². The van der Waals surface area contributed by atoms with E-state index in [0.29, 0.717) is 44.4 Å². The summed E-state index contributed by atoms with van der Waals surface area (Å²) in [6.07, 6.45) is 1.79. The van der Waals surface area contributed by atoms with Crippen LogP contribution in [-0.4, -0.2) is 52.1 Å². The molecule has 0 aliphatic carbocycles. The van der Waals surface area contributed by atoms with E-state index in [1.165, 1.54) is 22.3 Å². The molecule has 0 bridgehead atoms. The van der Waals surface area contributed by atoms with Gasteiger partial charge in [0, 0.05) is 31.5 Å². The van der Waals surface area contributed by atoms with E-state index in [9.17, 15) is 22.8 Å². The number of nitrogens with one attached hydrogen (secondary N) is 1. The van der Waals surface area contributed by atoms with Crippen LogP contribution >= 0.6 is 10.7 Å². The molecule has 2 atom stereocenters. The van der Waals surface area contributed by atoms with Crippen LogP contribution in [0.25, 0.3) is 6.08 Å². The zero-order valence-corrected chi connectivity index (χ0v) is 28.2. The van der Waals surface area contributed by atoms with Gasteiger partial charge in [-0.15, -0.1) is 0 Å². The molecule has 0 saturated carbocycles. The van der Waals surface area contributed by atoms with Crippen molar-refractivity contribution in [3.63, 3.8) is 0 Å². The van der Waals surface area contributed by atoms with E-state index in [-0.39, 0.29) is 34.8 Å². The van der Waals surface area contributed by atoms with Crippen LogP contribution in [0.5, 0.6) is 0 Å². The standard InChI is InChI=1S/C36H47F3N4O2S/c1-5-46(21-15-31-26(3)22-30(23-27(31)4)25(2)13-14-32(40)44)43-19-17-35(18-20-43)34(45)41-33(42-35)29-12-9-11-28(24-29)10-7-6-8-16-36(37,38)39/h5,9,11-12,15,21-25H,6-8,10,13-14,16-20H2,1-4H3,(H2,40,44)(H,41,42,45)/b21-15+. The molecule has 1 spiro atoms. The lowest BCUT2D eigenvalue weighted by Crippen LogP contribution is -2.47. The molecular weight excluding hydrogens is 609 g/mol. The first-order valence-corrected chi connectivity index (χ1v) is 17.5. The summed E-state index contributed by atoms with van der Waals surface area (Å²) in [4.78, 5) is 29.4. The predicted octanol–water partition coefficient (Wildman–Crippen LogP) is 7.73. The molecular formula is C36H47F3N4O2S. The van der Waals surface area contributed by atoms with E-state index in [1.54, 1.807) is 0 Å². The van der Waals surface area contributed by atoms with Gasteiger partial charge in [-0.05, 0) is 116 Å². The van der Waals surface area contributed by atoms with Crippen LogP contribution in [0.2, 0.25) is 0 Å². The number of benzene rings is 2. The SMILES string of the molecule is C/C=S(\C=C\c1c(C)cc(C(C)CCC(N)=O)cc1C)N1CCC2(CC1)N=C(c1cccc(CCCCCC(F)(F)F)c1)NC2=O. The lowest BCUT2D eigenvalue weighted by molar-refractivity contribution is -0.135. The van der Waals surface area contributed by atoms with Gasteiger partial charge in [-0.3, -0.25) is 18.9 Å². The van der Waals surface area contributed by atoms with E-state index < -0.39 is 18.1 Å². The minimum Gasteiger partial charge on any atom is -0.370 e. The number of aliphatic imine (C=N–C) groups is 1. The number of unbranched alkanes of at least 4 members (excludes halogenated alkanes) is 2. The van der Waals surface area contributed by atoms with Gasteiger partial charge in [-0.25, -0.2) is 0 Å². The highest BCUT2D eigenvalue weighted by Gasteiger charge is 2.46. The van der Waals surface area contributed by atoms with E-state index in [1.807, 2.05) is 24.3 Å². The summed E-state index contributed by atoms with van der Waals surface area (Å²) in [5.74, 6) is 0.504. The highest BCUT2D eigenvalue weighted by molar-refractivity contribution is 8.15. The van der Waals surface area contributed by atoms with Crippen molar-refractivity contribution in [3.8, 4) is 0 Å². The fourth-order valence-corrected chi connectivity index (χ4v) is 7.80. The Bertz CT molecular complexity index is 1480. The Morgan fingerprint density at radius 2 is 1.83 bits per heavy atom. The summed E-state index contributed by atoms with van der Waals surface area (Å²) < 4.78 is 39.7. The molecule has 6 nitrogen and oxygen atoms in total. The largest absolute Gasteiger partial charge is 0.389 e. The Labute approximate surface area is 273 Å². The third-order valence-electron chi connectivity index (χ3n) is 9.08. The number of carbonyl (C=O) groups excluding carboxylic acids is 2. The van der Waals surface area contributed by atoms with Crippen LogP contribution in [0.15, 0.2) is 46.8 Å². The number of alkyl halides is 3. The van der Waals surface area contributed by atoms with Crippen molar-refractivity contribution in [2.75, 3.05) is 13.1 Å². The first-order valence-electron chi connectivity index (χ1n) is 16.2. The van der Waals surface area contributed by atoms with Gasteiger partial charge in [0.05, 0.1) is 0 Å². The number of piperidine rings is 1. The van der Waals surface area contributed by atoms with Crippen LogP contribution in [0.3, 0.4) is 0 Å². The molecule has 4 rings (SSSR count). The van der Waals surface area contributed by atoms with E-state index in [4.69, 9.17) is 10.7 Å². The maximum atomic E-state index is 13.2. The zero-order chi connectivity index (χ0) is 33.5. The van der Waals surface area contributed by atoms with Crippen LogP contribution < -0.4 is 11.1 Å². The second-order valence-corrected chi connectivity index (χ2v) is 14.6. The third kappa shape index (κ3) is 9.41. The van der Waals surface area contributed by atoms with Gasteiger partial charge in [0.1, 0.15) is 11.4 Å². The summed E-state index contributed by atoms with van der Waals surface area (Å²) in [6.45, 7) is 9.94. The number of nitrogens with two attached hydrogens (primary N) is 1. The molecule has 2 amide bonds. The van der Waals surface area contributed by atoms with Gasteiger partial charge in [0.25, 0.3) is 5.91 Å². The lowest BCUT2D eigenvalue weighted by Gasteiger charge is -2.36. The number of primary amides is 1. The Balaban J connectivity index is 1.37. The van der Waals surface area contributed by atoms with Crippen molar-refractivity contribution in [1.82, 2.24) is 9.62 Å². The van der Waals surface area contributed by atoms with Crippen molar-refractivity contribution in [2.24, 2.45) is 10.7 Å². The highest BCUT2D eigenvalue weighted by Crippen LogP contribution is 2.36. The van der Waals surface area contributed by atoms with Gasteiger partial charge in [-0.1, -0.05) is 54.3 Å². The molecule has 2 heterocycles. The molecule has 2 aliphatic heterocycles. The fourth-order valence-electron chi connectivity index (χ4n) is 6.30. The number of hydrogen-bond donors (Lipinski definition) is 2. The van der Waals surface area contributed by atoms with Gasteiger partial charge < -0.3 is 11.1 Å². The number of amides is 2. The smallest absolute Gasteiger partial charge is 0.370 e. The van der Waals surface area contributed by atoms with Crippen LogP contribution in [0.4, 0.5) is 13.2 Å². The maximum absolute atomic E-state index is 13.2. The summed E-state index contributed by atoms with van der Waals surface area (Å²) in [5, 5.41) is 7.48. The molecule has 46 heavy (non-hydrogen) atoms. The molecule has 1 saturated heterocycles. The molecule has 0 radical (unpaired) electrons. The number of aryl methyl sites for hydroxylation is 3. The normalized spacial score (nSPS) is 18.2. The summed E-state index contributed by atoms with van der Waals surface area (Å²) in [7, 11) is -0.210. The van der Waals surface area contributed by atoms with E-state index in [2.05, 4.69) is 66.3 Å². The molecule has 2 aromatic carbocycles. The van der Waals surface area contributed by atoms with Crippen molar-refractivity contribution in [1.29, 1.82) is 0 Å². The number of hydrogen-bond acceptors (Lipinski definition) is 4. The predicted molar refractivity (Wildman–Crippen MR) is 184 cm³/mol. The molecule has 250 valence electrons. The third-order valence-corrected chi connectivity index (χ3v) is 10.9. The average Bonchev–Trinajstić information content (AvgIpc) is 3.32. The van der Waals surface area contributed by atoms with Gasteiger partial charge in [0.15, 0.2) is 0 Å². The fraction of sp³-hybridized carbons (Fsp3) is 0.500. The topological polar surface area (TPSA) is 87.8 Å². The minimum absolute atomic E-state index is 0.0630. The minimum atomic E-state index is -4.10. The van der Waals surface area contributed by atoms with E-state index in [0.717, 1.165) is 30.6 Å². The van der Waals surface area contributed by atoms with Gasteiger partial charge in [0.2, 0.25) is 5.91 Å². The van der Waals surface area contributed by atoms with Crippen LogP contribution in [0.1, 0.15) is 105 Å². The first-order chi connectivity index (χ1) is 21.8. The number of nitrogens with zero attached hydrogens (tertiary/aromatic N) is 2. The van der Waals surface area contributed by atoms with Gasteiger partial charge in [-0.2, -0.15) is 13.2 Å². The number of amidine groups is 1. The molecule has 10 heteroatoms. The Morgan fingerprint density at radius 1 is 1.13 bits per heavy atom.